The highest BCUT2D eigenvalue weighted by atomic mass is 16.5. The number of rotatable bonds is 9. The van der Waals surface area contributed by atoms with E-state index in [0.717, 1.165) is 54.7 Å². The summed E-state index contributed by atoms with van der Waals surface area (Å²) in [6, 6.07) is 26.2. The minimum Gasteiger partial charge on any atom is -0.482 e. The summed E-state index contributed by atoms with van der Waals surface area (Å²) in [5, 5.41) is 8.93. The molecule has 37 heavy (non-hydrogen) atoms. The van der Waals surface area contributed by atoms with Crippen molar-refractivity contribution in [3.63, 3.8) is 0 Å². The highest BCUT2D eigenvalue weighted by Gasteiger charge is 2.26. The van der Waals surface area contributed by atoms with E-state index in [0.29, 0.717) is 17.6 Å². The van der Waals surface area contributed by atoms with Gasteiger partial charge in [0.25, 0.3) is 0 Å². The summed E-state index contributed by atoms with van der Waals surface area (Å²) in [4.78, 5) is 15.9. The van der Waals surface area contributed by atoms with Gasteiger partial charge in [0.2, 0.25) is 5.89 Å². The van der Waals surface area contributed by atoms with Gasteiger partial charge in [0.05, 0.1) is 0 Å². The zero-order chi connectivity index (χ0) is 25.6. The molecule has 1 atom stereocenters. The summed E-state index contributed by atoms with van der Waals surface area (Å²) < 4.78 is 11.9. The van der Waals surface area contributed by atoms with Crippen molar-refractivity contribution in [3.05, 3.63) is 102 Å². The van der Waals surface area contributed by atoms with E-state index in [1.165, 1.54) is 16.7 Å². The Morgan fingerprint density at radius 3 is 2.49 bits per heavy atom. The number of ether oxygens (including phenoxy) is 1. The molecule has 0 saturated carbocycles. The average Bonchev–Trinajstić information content (AvgIpc) is 3.38. The number of aryl methyl sites for hydroxylation is 2. The van der Waals surface area contributed by atoms with E-state index in [-0.39, 0.29) is 6.61 Å². The van der Waals surface area contributed by atoms with E-state index in [2.05, 4.69) is 37.3 Å². The third-order valence-corrected chi connectivity index (χ3v) is 6.96. The van der Waals surface area contributed by atoms with Crippen LogP contribution in [0, 0.1) is 12.8 Å². The molecule has 1 unspecified atom stereocenters. The second-order valence-electron chi connectivity index (χ2n) is 9.53. The molecular weight excluding hydrogens is 462 g/mol. The molecule has 1 N–H and O–H groups in total. The summed E-state index contributed by atoms with van der Waals surface area (Å²) in [5.74, 6) is 1.45. The zero-order valence-electron chi connectivity index (χ0n) is 21.0. The molecule has 0 fully saturated rings. The Balaban J connectivity index is 1.41. The van der Waals surface area contributed by atoms with E-state index < -0.39 is 5.97 Å². The third-order valence-electron chi connectivity index (χ3n) is 6.96. The van der Waals surface area contributed by atoms with Crippen LogP contribution >= 0.6 is 0 Å². The highest BCUT2D eigenvalue weighted by molar-refractivity contribution is 5.79. The number of oxazole rings is 1. The van der Waals surface area contributed by atoms with E-state index in [1.807, 2.05) is 54.6 Å². The third kappa shape index (κ3) is 5.83. The summed E-state index contributed by atoms with van der Waals surface area (Å²) >= 11 is 0. The molecule has 0 aliphatic heterocycles. The van der Waals surface area contributed by atoms with Crippen LogP contribution in [-0.4, -0.2) is 22.7 Å². The molecule has 5 heteroatoms. The van der Waals surface area contributed by atoms with Crippen molar-refractivity contribution in [2.24, 2.45) is 5.92 Å². The molecule has 0 bridgehead atoms. The van der Waals surface area contributed by atoms with Crippen molar-refractivity contribution >= 4 is 11.5 Å². The van der Waals surface area contributed by atoms with Crippen molar-refractivity contribution in [3.8, 4) is 28.3 Å². The quantitative estimate of drug-likeness (QED) is 0.260. The Labute approximate surface area is 217 Å². The fourth-order valence-electron chi connectivity index (χ4n) is 5.01. The topological polar surface area (TPSA) is 72.6 Å². The van der Waals surface area contributed by atoms with Gasteiger partial charge in [0.1, 0.15) is 11.4 Å². The first-order valence-corrected chi connectivity index (χ1v) is 12.8. The molecule has 3 aromatic carbocycles. The van der Waals surface area contributed by atoms with Crippen LogP contribution in [0.25, 0.3) is 28.2 Å². The van der Waals surface area contributed by atoms with Gasteiger partial charge in [-0.2, -0.15) is 0 Å². The molecule has 1 aliphatic carbocycles. The first kappa shape index (κ1) is 24.6. The van der Waals surface area contributed by atoms with Crippen LogP contribution < -0.4 is 4.74 Å². The lowest BCUT2D eigenvalue weighted by atomic mass is 9.83. The Kier molecular flexibility index (Phi) is 7.50. The lowest BCUT2D eigenvalue weighted by Gasteiger charge is -2.23. The summed E-state index contributed by atoms with van der Waals surface area (Å²) in [6.07, 6.45) is 7.38. The van der Waals surface area contributed by atoms with Gasteiger partial charge < -0.3 is 14.3 Å². The molecule has 5 rings (SSSR count). The minimum atomic E-state index is -0.977. The Morgan fingerprint density at radius 1 is 1.03 bits per heavy atom. The fraction of sp³-hybridized carbons (Fsp3) is 0.250. The molecule has 1 aliphatic rings. The van der Waals surface area contributed by atoms with Crippen molar-refractivity contribution in [1.82, 2.24) is 4.98 Å². The van der Waals surface area contributed by atoms with Crippen LogP contribution in [0.4, 0.5) is 0 Å². The molecule has 0 saturated heterocycles. The minimum absolute atomic E-state index is 0.336. The summed E-state index contributed by atoms with van der Waals surface area (Å²) in [5.41, 5.74) is 6.46. The number of aromatic nitrogens is 1. The van der Waals surface area contributed by atoms with Gasteiger partial charge in [-0.1, -0.05) is 72.8 Å². The van der Waals surface area contributed by atoms with E-state index in [1.54, 1.807) is 0 Å². The van der Waals surface area contributed by atoms with Gasteiger partial charge in [-0.05, 0) is 68.2 Å². The monoisotopic (exact) mass is 493 g/mol. The fourth-order valence-corrected chi connectivity index (χ4v) is 5.01. The molecule has 0 radical (unpaired) electrons. The van der Waals surface area contributed by atoms with Crippen LogP contribution in [0.2, 0.25) is 0 Å². The SMILES string of the molecule is Cc1ccc(OCC(=O)O)cc1CCC1CCCC=C1c1nc(-c2ccccc2)c(-c2ccccc2)o1. The largest absolute Gasteiger partial charge is 0.482 e. The highest BCUT2D eigenvalue weighted by Crippen LogP contribution is 2.40. The maximum atomic E-state index is 10.9. The van der Waals surface area contributed by atoms with Crippen molar-refractivity contribution < 1.29 is 19.1 Å². The molecule has 0 amide bonds. The first-order valence-electron chi connectivity index (χ1n) is 12.8. The Hall–Kier alpha value is -4.12. The number of hydrogen-bond acceptors (Lipinski definition) is 4. The number of aliphatic carboxylic acids is 1. The maximum Gasteiger partial charge on any atom is 0.341 e. The van der Waals surface area contributed by atoms with Gasteiger partial charge >= 0.3 is 5.97 Å². The Morgan fingerprint density at radius 2 is 1.76 bits per heavy atom. The van der Waals surface area contributed by atoms with Gasteiger partial charge in [-0.3, -0.25) is 0 Å². The smallest absolute Gasteiger partial charge is 0.341 e. The predicted molar refractivity (Wildman–Crippen MR) is 145 cm³/mol. The van der Waals surface area contributed by atoms with Gasteiger partial charge in [-0.25, -0.2) is 9.78 Å². The number of carbonyl (C=O) groups is 1. The van der Waals surface area contributed by atoms with E-state index in [9.17, 15) is 4.79 Å². The van der Waals surface area contributed by atoms with Gasteiger partial charge in [0, 0.05) is 16.7 Å². The molecular formula is C32H31NO4. The van der Waals surface area contributed by atoms with Gasteiger partial charge in [0.15, 0.2) is 12.4 Å². The Bertz CT molecular complexity index is 1330. The van der Waals surface area contributed by atoms with Crippen molar-refractivity contribution in [2.75, 3.05) is 6.61 Å². The number of nitrogens with zero attached hydrogens (tertiary/aromatic N) is 1. The molecule has 188 valence electrons. The zero-order valence-corrected chi connectivity index (χ0v) is 21.0. The number of carboxylic acid groups (broad SMARTS) is 1. The normalized spacial score (nSPS) is 15.3. The predicted octanol–water partition coefficient (Wildman–Crippen LogP) is 7.60. The van der Waals surface area contributed by atoms with Crippen LogP contribution in [0.15, 0.2) is 89.4 Å². The molecule has 4 aromatic rings. The number of hydrogen-bond donors (Lipinski definition) is 1. The van der Waals surface area contributed by atoms with Crippen LogP contribution in [-0.2, 0) is 11.2 Å². The molecule has 1 aromatic heterocycles. The van der Waals surface area contributed by atoms with Crippen LogP contribution in [0.1, 0.15) is 42.7 Å². The average molecular weight is 494 g/mol. The first-order chi connectivity index (χ1) is 18.1. The molecule has 5 nitrogen and oxygen atoms in total. The number of carboxylic acids is 1. The van der Waals surface area contributed by atoms with E-state index >= 15 is 0 Å². The second-order valence-corrected chi connectivity index (χ2v) is 9.53. The lowest BCUT2D eigenvalue weighted by Crippen LogP contribution is -2.11. The molecule has 1 heterocycles. The number of allylic oxidation sites excluding steroid dienone is 2. The van der Waals surface area contributed by atoms with E-state index in [4.69, 9.17) is 19.2 Å². The molecule has 0 spiro atoms. The van der Waals surface area contributed by atoms with Gasteiger partial charge in [-0.15, -0.1) is 0 Å². The second kappa shape index (κ2) is 11.3. The summed E-state index contributed by atoms with van der Waals surface area (Å²) in [7, 11) is 0. The summed E-state index contributed by atoms with van der Waals surface area (Å²) in [6.45, 7) is 1.75. The van der Waals surface area contributed by atoms with Crippen molar-refractivity contribution in [1.29, 1.82) is 0 Å². The lowest BCUT2D eigenvalue weighted by molar-refractivity contribution is -0.139. The van der Waals surface area contributed by atoms with Crippen LogP contribution in [0.5, 0.6) is 5.75 Å². The van der Waals surface area contributed by atoms with Crippen LogP contribution in [0.3, 0.4) is 0 Å². The maximum absolute atomic E-state index is 10.9. The standard InChI is InChI=1S/C32H31NO4/c1-22-16-19-27(36-21-29(34)35)20-26(22)18-17-23-10-8-9-15-28(23)32-33-30(24-11-4-2-5-12-24)31(37-32)25-13-6-3-7-14-25/h2-7,11-16,19-20,23H,8-10,17-18,21H2,1H3,(H,34,35). The van der Waals surface area contributed by atoms with Crippen molar-refractivity contribution in [2.45, 2.75) is 39.0 Å². The number of benzene rings is 3.